The lowest BCUT2D eigenvalue weighted by atomic mass is 10.0. The van der Waals surface area contributed by atoms with Crippen LogP contribution in [-0.2, 0) is 32.9 Å². The second kappa shape index (κ2) is 10.5. The molecule has 0 spiro atoms. The SMILES string of the molecule is CC(C)Cc1ccc(S(=O)(=O)N2C[C@H](C)N(S(=O)(=O)c3ccc(CC(C)C)cc3)C[C@@H]2C)cc1. The highest BCUT2D eigenvalue weighted by atomic mass is 32.2. The summed E-state index contributed by atoms with van der Waals surface area (Å²) in [5.41, 5.74) is 2.20. The molecule has 6 nitrogen and oxygen atoms in total. The molecule has 0 bridgehead atoms. The molecular weight excluding hydrogens is 468 g/mol. The molecule has 34 heavy (non-hydrogen) atoms. The van der Waals surface area contributed by atoms with Gasteiger partial charge in [-0.1, -0.05) is 52.0 Å². The molecular formula is C26H38N2O4S2. The van der Waals surface area contributed by atoms with Crippen LogP contribution in [0.15, 0.2) is 58.3 Å². The summed E-state index contributed by atoms with van der Waals surface area (Å²) in [6.45, 7) is 12.3. The molecule has 2 atom stereocenters. The van der Waals surface area contributed by atoms with Crippen LogP contribution in [0, 0.1) is 11.8 Å². The third-order valence-corrected chi connectivity index (χ3v) is 10.2. The maximum absolute atomic E-state index is 13.4. The van der Waals surface area contributed by atoms with E-state index in [1.165, 1.54) is 8.61 Å². The molecule has 1 aliphatic heterocycles. The lowest BCUT2D eigenvalue weighted by Crippen LogP contribution is -2.59. The highest BCUT2D eigenvalue weighted by Gasteiger charge is 2.41. The third-order valence-electron chi connectivity index (χ3n) is 6.22. The van der Waals surface area contributed by atoms with E-state index in [2.05, 4.69) is 27.7 Å². The van der Waals surface area contributed by atoms with Crippen LogP contribution in [0.2, 0.25) is 0 Å². The van der Waals surface area contributed by atoms with Crippen LogP contribution in [-0.4, -0.2) is 50.6 Å². The lowest BCUT2D eigenvalue weighted by Gasteiger charge is -2.42. The van der Waals surface area contributed by atoms with E-state index in [9.17, 15) is 16.8 Å². The van der Waals surface area contributed by atoms with Gasteiger partial charge in [0.05, 0.1) is 9.79 Å². The standard InChI is InChI=1S/C26H38N2O4S2/c1-19(2)15-23-7-11-25(12-8-23)33(29,30)27-17-22(6)28(18-21(27)5)34(31,32)26-13-9-24(10-14-26)16-20(3)4/h7-14,19-22H,15-18H2,1-6H3/t21-,22-/m0/s1. The first-order valence-electron chi connectivity index (χ1n) is 12.0. The van der Waals surface area contributed by atoms with Crippen molar-refractivity contribution in [2.45, 2.75) is 76.3 Å². The Hall–Kier alpha value is -1.74. The van der Waals surface area contributed by atoms with Crippen molar-refractivity contribution in [2.24, 2.45) is 11.8 Å². The van der Waals surface area contributed by atoms with Crippen molar-refractivity contribution in [1.29, 1.82) is 0 Å². The van der Waals surface area contributed by atoms with Crippen LogP contribution in [0.5, 0.6) is 0 Å². The van der Waals surface area contributed by atoms with Gasteiger partial charge < -0.3 is 0 Å². The molecule has 1 heterocycles. The molecule has 2 aromatic rings. The molecule has 0 amide bonds. The Morgan fingerprint density at radius 3 is 1.21 bits per heavy atom. The van der Waals surface area contributed by atoms with Crippen molar-refractivity contribution in [2.75, 3.05) is 13.1 Å². The van der Waals surface area contributed by atoms with Gasteiger partial charge >= 0.3 is 0 Å². The van der Waals surface area contributed by atoms with Crippen LogP contribution >= 0.6 is 0 Å². The van der Waals surface area contributed by atoms with Crippen molar-refractivity contribution >= 4 is 20.0 Å². The van der Waals surface area contributed by atoms with Gasteiger partial charge in [0.1, 0.15) is 0 Å². The summed E-state index contributed by atoms with van der Waals surface area (Å²) in [5.74, 6) is 0.981. The minimum atomic E-state index is -3.73. The fourth-order valence-electron chi connectivity index (χ4n) is 4.54. The van der Waals surface area contributed by atoms with Crippen LogP contribution in [0.25, 0.3) is 0 Å². The van der Waals surface area contributed by atoms with Crippen LogP contribution in [0.3, 0.4) is 0 Å². The number of nitrogens with zero attached hydrogens (tertiary/aromatic N) is 2. The van der Waals surface area contributed by atoms with Crippen molar-refractivity contribution in [3.8, 4) is 0 Å². The van der Waals surface area contributed by atoms with E-state index >= 15 is 0 Å². The van der Waals surface area contributed by atoms with Gasteiger partial charge in [-0.05, 0) is 73.9 Å². The van der Waals surface area contributed by atoms with Crippen molar-refractivity contribution < 1.29 is 16.8 Å². The fourth-order valence-corrected chi connectivity index (χ4v) is 7.95. The average Bonchev–Trinajstić information content (AvgIpc) is 2.75. The summed E-state index contributed by atoms with van der Waals surface area (Å²) in [7, 11) is -7.46. The number of benzene rings is 2. The van der Waals surface area contributed by atoms with Crippen molar-refractivity contribution in [1.82, 2.24) is 8.61 Å². The topological polar surface area (TPSA) is 74.8 Å². The minimum absolute atomic E-state index is 0.113. The molecule has 0 N–H and O–H groups in total. The zero-order chi connectivity index (χ0) is 25.3. The Morgan fingerprint density at radius 2 is 0.941 bits per heavy atom. The maximum atomic E-state index is 13.4. The Kier molecular flexibility index (Phi) is 8.28. The predicted molar refractivity (Wildman–Crippen MR) is 137 cm³/mol. The van der Waals surface area contributed by atoms with Crippen LogP contribution in [0.1, 0.15) is 52.7 Å². The van der Waals surface area contributed by atoms with Crippen LogP contribution in [0.4, 0.5) is 0 Å². The lowest BCUT2D eigenvalue weighted by molar-refractivity contribution is 0.163. The van der Waals surface area contributed by atoms with Gasteiger partial charge in [0.15, 0.2) is 0 Å². The first-order valence-corrected chi connectivity index (χ1v) is 14.9. The second-order valence-corrected chi connectivity index (χ2v) is 14.1. The van der Waals surface area contributed by atoms with Gasteiger partial charge in [-0.2, -0.15) is 8.61 Å². The Balaban J connectivity index is 1.79. The number of hydrogen-bond acceptors (Lipinski definition) is 4. The van der Waals surface area contributed by atoms with Crippen molar-refractivity contribution in [3.63, 3.8) is 0 Å². The summed E-state index contributed by atoms with van der Waals surface area (Å²) in [6.07, 6.45) is 1.78. The Labute approximate surface area is 206 Å². The van der Waals surface area contributed by atoms with E-state index in [1.54, 1.807) is 38.1 Å². The average molecular weight is 507 g/mol. The van der Waals surface area contributed by atoms with E-state index < -0.39 is 32.1 Å². The zero-order valence-corrected chi connectivity index (χ0v) is 22.7. The Morgan fingerprint density at radius 1 is 0.647 bits per heavy atom. The van der Waals surface area contributed by atoms with Gasteiger partial charge in [0, 0.05) is 25.2 Å². The first kappa shape index (κ1) is 26.9. The van der Waals surface area contributed by atoms with Crippen LogP contribution < -0.4 is 0 Å². The smallest absolute Gasteiger partial charge is 0.207 e. The number of rotatable bonds is 8. The molecule has 3 rings (SSSR count). The maximum Gasteiger partial charge on any atom is 0.243 e. The molecule has 1 saturated heterocycles. The van der Waals surface area contributed by atoms with E-state index in [0.717, 1.165) is 24.0 Å². The predicted octanol–water partition coefficient (Wildman–Crippen LogP) is 4.56. The van der Waals surface area contributed by atoms with Crippen molar-refractivity contribution in [3.05, 3.63) is 59.7 Å². The molecule has 1 fully saturated rings. The largest absolute Gasteiger partial charge is 0.243 e. The van der Waals surface area contributed by atoms with Gasteiger partial charge in [-0.15, -0.1) is 0 Å². The van der Waals surface area contributed by atoms with Gasteiger partial charge in [0.2, 0.25) is 20.0 Å². The molecule has 0 radical (unpaired) electrons. The van der Waals surface area contributed by atoms with Gasteiger partial charge in [0.25, 0.3) is 0 Å². The minimum Gasteiger partial charge on any atom is -0.207 e. The first-order chi connectivity index (χ1) is 15.8. The fraction of sp³-hybridized carbons (Fsp3) is 0.538. The quantitative estimate of drug-likeness (QED) is 0.526. The summed E-state index contributed by atoms with van der Waals surface area (Å²) < 4.78 is 56.4. The summed E-state index contributed by atoms with van der Waals surface area (Å²) in [4.78, 5) is 0.493. The molecule has 1 aliphatic rings. The molecule has 0 aromatic heterocycles. The number of sulfonamides is 2. The van der Waals surface area contributed by atoms with E-state index in [0.29, 0.717) is 11.8 Å². The Bertz CT molecular complexity index is 1080. The highest BCUT2D eigenvalue weighted by molar-refractivity contribution is 7.89. The molecule has 188 valence electrons. The molecule has 0 saturated carbocycles. The second-order valence-electron chi connectivity index (χ2n) is 10.3. The monoisotopic (exact) mass is 506 g/mol. The summed E-state index contributed by atoms with van der Waals surface area (Å²) >= 11 is 0. The van der Waals surface area contributed by atoms with Gasteiger partial charge in [-0.3, -0.25) is 0 Å². The molecule has 2 aromatic carbocycles. The van der Waals surface area contributed by atoms with Gasteiger partial charge in [-0.25, -0.2) is 16.8 Å². The number of hydrogen-bond donors (Lipinski definition) is 0. The number of piperazine rings is 1. The zero-order valence-electron chi connectivity index (χ0n) is 21.1. The third kappa shape index (κ3) is 5.90. The highest BCUT2D eigenvalue weighted by Crippen LogP contribution is 2.29. The summed E-state index contributed by atoms with van der Waals surface area (Å²) in [6, 6.07) is 13.1. The van der Waals surface area contributed by atoms with E-state index in [4.69, 9.17) is 0 Å². The molecule has 0 aliphatic carbocycles. The molecule has 8 heteroatoms. The summed E-state index contributed by atoms with van der Waals surface area (Å²) in [5, 5.41) is 0. The van der Waals surface area contributed by atoms with E-state index in [1.807, 2.05) is 24.3 Å². The normalized spacial score (nSPS) is 20.8. The molecule has 0 unspecified atom stereocenters. The van der Waals surface area contributed by atoms with E-state index in [-0.39, 0.29) is 22.9 Å².